The Morgan fingerprint density at radius 2 is 1.47 bits per heavy atom. The molecule has 0 rings (SSSR count). The second-order valence-electron chi connectivity index (χ2n) is 2.43. The number of unbranched alkanes of at least 4 members (excludes halogenated alkanes) is 1. The molecule has 0 aromatic heterocycles. The Morgan fingerprint density at radius 3 is 1.53 bits per heavy atom. The van der Waals surface area contributed by atoms with E-state index in [1.54, 1.807) is 0 Å². The maximum atomic E-state index is 10.1. The van der Waals surface area contributed by atoms with Gasteiger partial charge < -0.3 is 5.11 Å². The summed E-state index contributed by atoms with van der Waals surface area (Å²) in [7, 11) is 0. The highest BCUT2D eigenvalue weighted by Crippen LogP contribution is 2.39. The van der Waals surface area contributed by atoms with Gasteiger partial charge in [-0.25, -0.2) is 4.79 Å². The minimum atomic E-state index is -1.99. The van der Waals surface area contributed by atoms with Crippen LogP contribution in [-0.4, -0.2) is 14.9 Å². The summed E-state index contributed by atoms with van der Waals surface area (Å²) in [5.74, 6) is -1.44. The molecule has 0 radical (unpaired) electrons. The molecule has 0 unspecified atom stereocenters. The maximum absolute atomic E-state index is 10.1. The third kappa shape index (κ3) is 9.58. The van der Waals surface area contributed by atoms with Crippen molar-refractivity contribution in [3.8, 4) is 0 Å². The van der Waals surface area contributed by atoms with Crippen LogP contribution in [0.5, 0.6) is 0 Å². The molecule has 15 heavy (non-hydrogen) atoms. The van der Waals surface area contributed by atoms with E-state index < -0.39 is 19.8 Å². The number of halogens is 5. The van der Waals surface area contributed by atoms with E-state index in [1.165, 1.54) is 12.8 Å². The normalized spacial score (nSPS) is 12.5. The van der Waals surface area contributed by atoms with E-state index in [1.807, 2.05) is 0 Å². The third-order valence-electron chi connectivity index (χ3n) is 1.13. The van der Waals surface area contributed by atoms with Crippen LogP contribution in [0.15, 0.2) is 10.1 Å². The second-order valence-corrected chi connectivity index (χ2v) is 5.47. The Morgan fingerprint density at radius 1 is 1.13 bits per heavy atom. The van der Waals surface area contributed by atoms with E-state index in [2.05, 4.69) is 13.8 Å². The van der Waals surface area contributed by atoms with Crippen LogP contribution in [0.4, 0.5) is 0 Å². The Kier molecular flexibility index (Phi) is 10.5. The number of hydrogen-bond donors (Lipinski definition) is 1. The van der Waals surface area contributed by atoms with Gasteiger partial charge in [-0.2, -0.15) is 0 Å². The molecule has 2 nitrogen and oxygen atoms in total. The zero-order valence-corrected chi connectivity index (χ0v) is 11.9. The number of alkyl halides is 3. The highest BCUT2D eigenvalue weighted by molar-refractivity contribution is 6.74. The summed E-state index contributed by atoms with van der Waals surface area (Å²) >= 11 is 26.1. The lowest BCUT2D eigenvalue weighted by molar-refractivity contribution is -0.131. The Bertz CT molecular complexity index is 230. The lowest BCUT2D eigenvalue weighted by Crippen LogP contribution is -2.07. The number of carboxylic acids is 1. The molecule has 0 spiro atoms. The molecule has 90 valence electrons. The van der Waals surface area contributed by atoms with Gasteiger partial charge in [0, 0.05) is 0 Å². The first-order valence-corrected chi connectivity index (χ1v) is 5.93. The van der Waals surface area contributed by atoms with E-state index in [0.29, 0.717) is 0 Å². The van der Waals surface area contributed by atoms with Crippen molar-refractivity contribution in [3.05, 3.63) is 10.1 Å². The third-order valence-corrected chi connectivity index (χ3v) is 2.91. The van der Waals surface area contributed by atoms with Gasteiger partial charge in [0.25, 0.3) is 0 Å². The summed E-state index contributed by atoms with van der Waals surface area (Å²) in [5, 5.41) is 7.03. The molecule has 0 saturated heterocycles. The van der Waals surface area contributed by atoms with Gasteiger partial charge in [-0.15, -0.1) is 0 Å². The zero-order valence-electron chi connectivity index (χ0n) is 8.16. The largest absolute Gasteiger partial charge is 0.477 e. The number of aliphatic carboxylic acids is 1. The highest BCUT2D eigenvalue weighted by atomic mass is 35.6. The first-order valence-electron chi connectivity index (χ1n) is 4.04. The van der Waals surface area contributed by atoms with Crippen molar-refractivity contribution in [2.75, 3.05) is 0 Å². The molecule has 7 heteroatoms. The van der Waals surface area contributed by atoms with Gasteiger partial charge in [0.15, 0.2) is 0 Å². The molecule has 0 aromatic carbocycles. The SMILES string of the molecule is CCCC.O=C(O)C(Cl)=C(Cl)C(Cl)(Cl)Cl. The number of hydrogen-bond acceptors (Lipinski definition) is 1. The van der Waals surface area contributed by atoms with Crippen molar-refractivity contribution in [1.82, 2.24) is 0 Å². The Balaban J connectivity index is 0. The minimum Gasteiger partial charge on any atom is -0.477 e. The van der Waals surface area contributed by atoms with Gasteiger partial charge in [0.2, 0.25) is 3.79 Å². The lowest BCUT2D eigenvalue weighted by atomic mass is 10.4. The van der Waals surface area contributed by atoms with Gasteiger partial charge in [-0.05, 0) is 0 Å². The summed E-state index contributed by atoms with van der Waals surface area (Å²) in [6.45, 7) is 4.36. The standard InChI is InChI=1S/C4HCl5O2.C4H10/c5-1(3(10)11)2(6)4(7,8)9;1-3-4-2/h(H,10,11);3-4H2,1-2H3. The van der Waals surface area contributed by atoms with E-state index in [0.717, 1.165) is 0 Å². The fourth-order valence-corrected chi connectivity index (χ4v) is 0.869. The average molecular weight is 316 g/mol. The van der Waals surface area contributed by atoms with Gasteiger partial charge in [0.05, 0.1) is 5.03 Å². The van der Waals surface area contributed by atoms with Crippen LogP contribution in [0.1, 0.15) is 26.7 Å². The molecular formula is C8H11Cl5O2. The predicted molar refractivity (Wildman–Crippen MR) is 67.2 cm³/mol. The van der Waals surface area contributed by atoms with Crippen molar-refractivity contribution in [1.29, 1.82) is 0 Å². The van der Waals surface area contributed by atoms with Gasteiger partial charge in [-0.1, -0.05) is 84.7 Å². The minimum absolute atomic E-state index is 0.531. The molecule has 0 aliphatic carbocycles. The monoisotopic (exact) mass is 314 g/mol. The van der Waals surface area contributed by atoms with Crippen molar-refractivity contribution < 1.29 is 9.90 Å². The fraction of sp³-hybridized carbons (Fsp3) is 0.625. The summed E-state index contributed by atoms with van der Waals surface area (Å²) in [5.41, 5.74) is 0. The van der Waals surface area contributed by atoms with Crippen molar-refractivity contribution in [2.24, 2.45) is 0 Å². The maximum Gasteiger partial charge on any atom is 0.348 e. The van der Waals surface area contributed by atoms with Crippen LogP contribution in [0.3, 0.4) is 0 Å². The van der Waals surface area contributed by atoms with Crippen LogP contribution in [0.25, 0.3) is 0 Å². The topological polar surface area (TPSA) is 37.3 Å². The van der Waals surface area contributed by atoms with Crippen molar-refractivity contribution >= 4 is 64.0 Å². The molecule has 0 saturated carbocycles. The molecule has 0 bridgehead atoms. The molecule has 0 amide bonds. The molecule has 0 aliphatic heterocycles. The molecule has 1 N–H and O–H groups in total. The first kappa shape index (κ1) is 18.0. The molecular weight excluding hydrogens is 305 g/mol. The predicted octanol–water partition coefficient (Wildman–Crippen LogP) is 4.94. The van der Waals surface area contributed by atoms with Crippen LogP contribution >= 0.6 is 58.0 Å². The molecule has 0 aliphatic rings. The van der Waals surface area contributed by atoms with Gasteiger partial charge in [-0.3, -0.25) is 0 Å². The van der Waals surface area contributed by atoms with Crippen LogP contribution in [0, 0.1) is 0 Å². The fourth-order valence-electron chi connectivity index (χ4n) is 0.218. The second kappa shape index (κ2) is 8.77. The van der Waals surface area contributed by atoms with Crippen molar-refractivity contribution in [3.63, 3.8) is 0 Å². The van der Waals surface area contributed by atoms with Crippen LogP contribution in [0.2, 0.25) is 0 Å². The van der Waals surface area contributed by atoms with E-state index in [9.17, 15) is 4.79 Å². The summed E-state index contributed by atoms with van der Waals surface area (Å²) < 4.78 is -1.99. The Hall–Kier alpha value is 0.660. The molecule has 0 fully saturated rings. The number of allylic oxidation sites excluding steroid dienone is 1. The molecule has 0 atom stereocenters. The number of rotatable bonds is 2. The summed E-state index contributed by atoms with van der Waals surface area (Å²) in [6.07, 6.45) is 2.64. The van der Waals surface area contributed by atoms with Gasteiger partial charge in [0.1, 0.15) is 5.03 Å². The van der Waals surface area contributed by atoms with E-state index in [4.69, 9.17) is 63.1 Å². The van der Waals surface area contributed by atoms with Crippen molar-refractivity contribution in [2.45, 2.75) is 30.5 Å². The van der Waals surface area contributed by atoms with Crippen LogP contribution in [-0.2, 0) is 4.79 Å². The quantitative estimate of drug-likeness (QED) is 0.579. The highest BCUT2D eigenvalue weighted by Gasteiger charge is 2.29. The van der Waals surface area contributed by atoms with Crippen LogP contribution < -0.4 is 0 Å². The summed E-state index contributed by atoms with van der Waals surface area (Å²) in [4.78, 5) is 10.1. The Labute approximate surface area is 114 Å². The van der Waals surface area contributed by atoms with E-state index in [-0.39, 0.29) is 0 Å². The average Bonchev–Trinajstić information content (AvgIpc) is 2.14. The number of carboxylic acid groups (broad SMARTS) is 1. The smallest absolute Gasteiger partial charge is 0.348 e. The van der Waals surface area contributed by atoms with E-state index >= 15 is 0 Å². The number of carbonyl (C=O) groups is 1. The molecule has 0 aromatic rings. The summed E-state index contributed by atoms with van der Waals surface area (Å²) in [6, 6.07) is 0. The first-order chi connectivity index (χ1) is 6.68. The van der Waals surface area contributed by atoms with Gasteiger partial charge >= 0.3 is 5.97 Å². The zero-order chi connectivity index (χ0) is 12.6. The molecule has 0 heterocycles. The lowest BCUT2D eigenvalue weighted by Gasteiger charge is -2.08.